The van der Waals surface area contributed by atoms with Crippen molar-refractivity contribution in [2.75, 3.05) is 5.32 Å². The van der Waals surface area contributed by atoms with E-state index in [9.17, 15) is 4.79 Å². The van der Waals surface area contributed by atoms with Gasteiger partial charge in [-0.2, -0.15) is 0 Å². The number of hydrogen-bond acceptors (Lipinski definition) is 2. The first-order chi connectivity index (χ1) is 8.18. The molecule has 0 saturated heterocycles. The maximum atomic E-state index is 11.0. The van der Waals surface area contributed by atoms with Crippen molar-refractivity contribution in [3.63, 3.8) is 0 Å². The minimum absolute atomic E-state index is 0. The number of rotatable bonds is 3. The second-order valence-corrected chi connectivity index (χ2v) is 3.86. The van der Waals surface area contributed by atoms with Crippen LogP contribution < -0.4 is 34.9 Å². The molecule has 2 rings (SSSR count). The van der Waals surface area contributed by atoms with Gasteiger partial charge in [-0.1, -0.05) is 35.9 Å². The normalized spacial score (nSPS) is 9.39. The minimum atomic E-state index is -0.972. The van der Waals surface area contributed by atoms with Crippen molar-refractivity contribution in [2.24, 2.45) is 0 Å². The Morgan fingerprint density at radius 2 is 1.61 bits per heavy atom. The largest absolute Gasteiger partial charge is 1.00 e. The summed E-state index contributed by atoms with van der Waals surface area (Å²) in [5.41, 5.74) is 1.42. The molecular weight excluding hydrogens is 261 g/mol. The molecule has 5 heteroatoms. The van der Waals surface area contributed by atoms with Gasteiger partial charge in [0, 0.05) is 0 Å². The van der Waals surface area contributed by atoms with Crippen molar-refractivity contribution < 1.29 is 40.9 Å². The average molecular weight is 272 g/mol. The van der Waals surface area contributed by atoms with Crippen LogP contribution in [0.1, 0.15) is 11.8 Å². The van der Waals surface area contributed by atoms with Crippen LogP contribution in [0, 0.1) is 0 Å². The van der Waals surface area contributed by atoms with Crippen molar-refractivity contribution in [1.82, 2.24) is 0 Å². The molecule has 0 spiro atoms. The van der Waals surface area contributed by atoms with Crippen LogP contribution in [0.3, 0.4) is 0 Å². The molecule has 0 radical (unpaired) electrons. The fraction of sp³-hybridized carbons (Fsp3) is 0. The van der Waals surface area contributed by atoms with Gasteiger partial charge in [-0.05, 0) is 24.3 Å². The first-order valence-corrected chi connectivity index (χ1v) is 5.40. The van der Waals surface area contributed by atoms with Crippen molar-refractivity contribution in [1.29, 1.82) is 0 Å². The van der Waals surface area contributed by atoms with E-state index in [4.69, 9.17) is 16.7 Å². The monoisotopic (exact) mass is 271 g/mol. The van der Waals surface area contributed by atoms with Gasteiger partial charge in [0.15, 0.2) is 0 Å². The standard InChI is InChI=1S/C13H10ClNO2.Na.H/c14-10-6-2-4-8-12(10)15-11-7-3-1-5-9(11)13(16)17;;/h1-8,15H,(H,16,17);;/q;+1;-1. The van der Waals surface area contributed by atoms with E-state index in [1.165, 1.54) is 0 Å². The third-order valence-electron chi connectivity index (χ3n) is 2.30. The second kappa shape index (κ2) is 6.81. The number of halogens is 1. The molecule has 0 saturated carbocycles. The van der Waals surface area contributed by atoms with Gasteiger partial charge in [0.25, 0.3) is 0 Å². The third kappa shape index (κ3) is 3.50. The molecule has 18 heavy (non-hydrogen) atoms. The van der Waals surface area contributed by atoms with Gasteiger partial charge in [-0.15, -0.1) is 0 Å². The maximum Gasteiger partial charge on any atom is 1.00 e. The summed E-state index contributed by atoms with van der Waals surface area (Å²) in [5, 5.41) is 12.6. The molecule has 0 aliphatic heterocycles. The van der Waals surface area contributed by atoms with Gasteiger partial charge < -0.3 is 11.8 Å². The molecule has 0 fully saturated rings. The van der Waals surface area contributed by atoms with Crippen LogP contribution in [0.4, 0.5) is 11.4 Å². The number of benzene rings is 2. The Bertz CT molecular complexity index is 566. The molecular formula is C13H11ClNNaO2. The Morgan fingerprint density at radius 3 is 2.22 bits per heavy atom. The Morgan fingerprint density at radius 1 is 1.06 bits per heavy atom. The maximum absolute atomic E-state index is 11.0. The van der Waals surface area contributed by atoms with Crippen LogP contribution in [-0.2, 0) is 0 Å². The van der Waals surface area contributed by atoms with Gasteiger partial charge >= 0.3 is 35.5 Å². The molecule has 3 nitrogen and oxygen atoms in total. The van der Waals surface area contributed by atoms with E-state index in [0.717, 1.165) is 0 Å². The number of para-hydroxylation sites is 2. The number of hydrogen-bond donors (Lipinski definition) is 2. The Kier molecular flexibility index (Phi) is 5.69. The Balaban J connectivity index is 0.00000162. The zero-order valence-corrected chi connectivity index (χ0v) is 12.6. The zero-order chi connectivity index (χ0) is 12.3. The molecule has 0 aliphatic rings. The van der Waals surface area contributed by atoms with Crippen molar-refractivity contribution >= 4 is 28.9 Å². The predicted molar refractivity (Wildman–Crippen MR) is 69.2 cm³/mol. The summed E-state index contributed by atoms with van der Waals surface area (Å²) in [4.78, 5) is 11.0. The molecule has 88 valence electrons. The van der Waals surface area contributed by atoms with E-state index >= 15 is 0 Å². The number of carboxylic acids is 1. The van der Waals surface area contributed by atoms with Gasteiger partial charge in [0.05, 0.1) is 22.0 Å². The summed E-state index contributed by atoms with van der Waals surface area (Å²) in [6, 6.07) is 13.9. The van der Waals surface area contributed by atoms with Crippen LogP contribution in [0.5, 0.6) is 0 Å². The summed E-state index contributed by atoms with van der Waals surface area (Å²) in [6.07, 6.45) is 0. The number of carboxylic acid groups (broad SMARTS) is 1. The number of anilines is 2. The third-order valence-corrected chi connectivity index (χ3v) is 2.63. The van der Waals surface area contributed by atoms with Crippen LogP contribution in [-0.4, -0.2) is 11.1 Å². The average Bonchev–Trinajstić information content (AvgIpc) is 2.32. The molecule has 2 N–H and O–H groups in total. The fourth-order valence-corrected chi connectivity index (χ4v) is 1.67. The number of carbonyl (C=O) groups is 1. The summed E-state index contributed by atoms with van der Waals surface area (Å²) in [5.74, 6) is -0.972. The van der Waals surface area contributed by atoms with E-state index in [-0.39, 0.29) is 36.5 Å². The predicted octanol–water partition coefficient (Wildman–Crippen LogP) is 0.898. The molecule has 0 unspecified atom stereocenters. The number of nitrogens with one attached hydrogen (secondary N) is 1. The van der Waals surface area contributed by atoms with E-state index in [1.807, 2.05) is 12.1 Å². The van der Waals surface area contributed by atoms with E-state index in [1.54, 1.807) is 36.4 Å². The first kappa shape index (κ1) is 15.1. The molecule has 2 aromatic rings. The smallest absolute Gasteiger partial charge is 1.00 e. The summed E-state index contributed by atoms with van der Waals surface area (Å²) in [7, 11) is 0. The minimum Gasteiger partial charge on any atom is -1.00 e. The van der Waals surface area contributed by atoms with Crippen LogP contribution >= 0.6 is 11.6 Å². The van der Waals surface area contributed by atoms with Gasteiger partial charge in [-0.3, -0.25) is 0 Å². The molecule has 0 bridgehead atoms. The van der Waals surface area contributed by atoms with E-state index < -0.39 is 5.97 Å². The number of aromatic carboxylic acids is 1. The SMILES string of the molecule is O=C(O)c1ccccc1Nc1ccccc1Cl.[H-].[Na+]. The molecule has 0 heterocycles. The molecule has 0 atom stereocenters. The molecule has 0 aliphatic carbocycles. The topological polar surface area (TPSA) is 49.3 Å². The van der Waals surface area contributed by atoms with Crippen molar-refractivity contribution in [3.05, 3.63) is 59.1 Å². The molecule has 2 aromatic carbocycles. The molecule has 0 aromatic heterocycles. The van der Waals surface area contributed by atoms with Gasteiger partial charge in [0.2, 0.25) is 0 Å². The van der Waals surface area contributed by atoms with Crippen molar-refractivity contribution in [2.45, 2.75) is 0 Å². The summed E-state index contributed by atoms with van der Waals surface area (Å²) < 4.78 is 0. The first-order valence-electron chi connectivity index (χ1n) is 5.02. The fourth-order valence-electron chi connectivity index (χ4n) is 1.49. The van der Waals surface area contributed by atoms with E-state index in [0.29, 0.717) is 16.4 Å². The van der Waals surface area contributed by atoms with Crippen LogP contribution in [0.15, 0.2) is 48.5 Å². The van der Waals surface area contributed by atoms with Gasteiger partial charge in [-0.25, -0.2) is 4.79 Å². The van der Waals surface area contributed by atoms with Crippen LogP contribution in [0.2, 0.25) is 5.02 Å². The molecule has 0 amide bonds. The summed E-state index contributed by atoms with van der Waals surface area (Å²) in [6.45, 7) is 0. The Labute approximate surface area is 134 Å². The summed E-state index contributed by atoms with van der Waals surface area (Å²) >= 11 is 6.00. The van der Waals surface area contributed by atoms with Crippen LogP contribution in [0.25, 0.3) is 0 Å². The quantitative estimate of drug-likeness (QED) is 0.816. The Hall–Kier alpha value is -1.000. The zero-order valence-electron chi connectivity index (χ0n) is 10.9. The second-order valence-electron chi connectivity index (χ2n) is 3.46. The van der Waals surface area contributed by atoms with Crippen molar-refractivity contribution in [3.8, 4) is 0 Å². The van der Waals surface area contributed by atoms with E-state index in [2.05, 4.69) is 5.32 Å². The van der Waals surface area contributed by atoms with Gasteiger partial charge in [0.1, 0.15) is 0 Å².